The topological polar surface area (TPSA) is 58.6 Å². The largest absolute Gasteiger partial charge is 1.00 e. The molecule has 0 heterocycles. The SMILES string of the molecule is CCCCCOP(=O)([O-])OCCCCC.[Li+]. The maximum Gasteiger partial charge on any atom is 1.00 e. The van der Waals surface area contributed by atoms with E-state index < -0.39 is 7.82 Å². The number of rotatable bonds is 10. The van der Waals surface area contributed by atoms with Crippen LogP contribution in [0.25, 0.3) is 0 Å². The van der Waals surface area contributed by atoms with Gasteiger partial charge >= 0.3 is 18.9 Å². The molecule has 92 valence electrons. The molecule has 6 heteroatoms. The first-order valence-electron chi connectivity index (χ1n) is 5.72. The summed E-state index contributed by atoms with van der Waals surface area (Å²) in [6.07, 6.45) is 5.58. The van der Waals surface area contributed by atoms with Gasteiger partial charge in [0.05, 0.1) is 13.2 Å². The summed E-state index contributed by atoms with van der Waals surface area (Å²) in [7, 11) is -4.02. The molecule has 0 amide bonds. The molecule has 0 rings (SSSR count). The van der Waals surface area contributed by atoms with Gasteiger partial charge < -0.3 is 13.9 Å². The van der Waals surface area contributed by atoms with Gasteiger partial charge in [-0.15, -0.1) is 0 Å². The quantitative estimate of drug-likeness (QED) is 0.305. The second kappa shape index (κ2) is 12.2. The summed E-state index contributed by atoms with van der Waals surface area (Å²) in [4.78, 5) is 11.1. The molecule has 0 unspecified atom stereocenters. The van der Waals surface area contributed by atoms with Crippen LogP contribution < -0.4 is 23.8 Å². The van der Waals surface area contributed by atoms with Crippen molar-refractivity contribution in [3.8, 4) is 0 Å². The van der Waals surface area contributed by atoms with Gasteiger partial charge in [-0.25, -0.2) is 0 Å². The molecule has 4 nitrogen and oxygen atoms in total. The van der Waals surface area contributed by atoms with Crippen molar-refractivity contribution in [1.29, 1.82) is 0 Å². The van der Waals surface area contributed by atoms with E-state index in [1.165, 1.54) is 0 Å². The molecule has 0 saturated heterocycles. The summed E-state index contributed by atoms with van der Waals surface area (Å²) >= 11 is 0. The molecule has 0 aromatic carbocycles. The fourth-order valence-corrected chi connectivity index (χ4v) is 1.87. The number of hydrogen-bond donors (Lipinski definition) is 0. The Hall–Kier alpha value is 0.707. The average molecular weight is 244 g/mol. The summed E-state index contributed by atoms with van der Waals surface area (Å²) in [6, 6.07) is 0. The fourth-order valence-electron chi connectivity index (χ4n) is 1.09. The molecule has 0 aliphatic carbocycles. The minimum atomic E-state index is -4.02. The zero-order chi connectivity index (χ0) is 11.6. The van der Waals surface area contributed by atoms with Crippen LogP contribution in [0.4, 0.5) is 0 Å². The Morgan fingerprint density at radius 2 is 1.31 bits per heavy atom. The van der Waals surface area contributed by atoms with Gasteiger partial charge in [0, 0.05) is 0 Å². The molecule has 0 aromatic rings. The number of hydrogen-bond acceptors (Lipinski definition) is 4. The molecule has 16 heavy (non-hydrogen) atoms. The molecule has 0 saturated carbocycles. The zero-order valence-electron chi connectivity index (χ0n) is 10.7. The Labute approximate surface area is 111 Å². The molecule has 0 radical (unpaired) electrons. The van der Waals surface area contributed by atoms with Gasteiger partial charge in [-0.1, -0.05) is 39.5 Å². The Kier molecular flexibility index (Phi) is 14.5. The van der Waals surface area contributed by atoms with Crippen LogP contribution in [0.5, 0.6) is 0 Å². The normalized spacial score (nSPS) is 11.2. The maximum atomic E-state index is 11.1. The van der Waals surface area contributed by atoms with Crippen molar-refractivity contribution < 1.29 is 37.4 Å². The number of unbranched alkanes of at least 4 members (excludes halogenated alkanes) is 4. The van der Waals surface area contributed by atoms with Crippen LogP contribution in [0.2, 0.25) is 0 Å². The average Bonchev–Trinajstić information content (AvgIpc) is 2.20. The van der Waals surface area contributed by atoms with E-state index in [2.05, 4.69) is 22.9 Å². The second-order valence-corrected chi connectivity index (χ2v) is 4.94. The van der Waals surface area contributed by atoms with Gasteiger partial charge in [0.15, 0.2) is 0 Å². The minimum Gasteiger partial charge on any atom is -0.756 e. The molecule has 0 N–H and O–H groups in total. The van der Waals surface area contributed by atoms with Crippen molar-refractivity contribution in [3.63, 3.8) is 0 Å². The molecular formula is C10H22LiO4P. The monoisotopic (exact) mass is 244 g/mol. The molecule has 0 aliphatic heterocycles. The van der Waals surface area contributed by atoms with E-state index in [0.717, 1.165) is 38.5 Å². The van der Waals surface area contributed by atoms with Crippen LogP contribution in [-0.4, -0.2) is 13.2 Å². The summed E-state index contributed by atoms with van der Waals surface area (Å²) in [6.45, 7) is 4.58. The van der Waals surface area contributed by atoms with Crippen LogP contribution in [-0.2, 0) is 13.6 Å². The fraction of sp³-hybridized carbons (Fsp3) is 1.00. The summed E-state index contributed by atoms with van der Waals surface area (Å²) < 4.78 is 20.5. The summed E-state index contributed by atoms with van der Waals surface area (Å²) in [5.74, 6) is 0. The van der Waals surface area contributed by atoms with Gasteiger partial charge in [-0.2, -0.15) is 0 Å². The van der Waals surface area contributed by atoms with E-state index in [4.69, 9.17) is 0 Å². The Bertz CT molecular complexity index is 174. The van der Waals surface area contributed by atoms with Gasteiger partial charge in [0.1, 0.15) is 0 Å². The predicted octanol–water partition coefficient (Wildman–Crippen LogP) is -0.128. The first-order chi connectivity index (χ1) is 7.12. The first kappa shape index (κ1) is 19.1. The summed E-state index contributed by atoms with van der Waals surface area (Å²) in [5.41, 5.74) is 0. The van der Waals surface area contributed by atoms with Gasteiger partial charge in [-0.3, -0.25) is 4.57 Å². The van der Waals surface area contributed by atoms with E-state index in [-0.39, 0.29) is 32.1 Å². The van der Waals surface area contributed by atoms with Crippen molar-refractivity contribution >= 4 is 7.82 Å². The standard InChI is InChI=1S/C10H23O4P.Li/c1-3-5-7-9-13-15(11,12)14-10-8-6-4-2;/h3-10H2,1-2H3,(H,11,12);/q;+1/p-1. The number of phosphoric acid groups is 1. The Morgan fingerprint density at radius 1 is 0.938 bits per heavy atom. The molecule has 0 aliphatic rings. The Morgan fingerprint density at radius 3 is 1.62 bits per heavy atom. The van der Waals surface area contributed by atoms with Crippen LogP contribution in [0.15, 0.2) is 0 Å². The van der Waals surface area contributed by atoms with Gasteiger partial charge in [0.25, 0.3) is 7.82 Å². The van der Waals surface area contributed by atoms with E-state index in [1.807, 2.05) is 0 Å². The molecule has 0 bridgehead atoms. The third-order valence-corrected chi connectivity index (χ3v) is 2.99. The predicted molar refractivity (Wildman–Crippen MR) is 58.6 cm³/mol. The molecule has 0 fully saturated rings. The molecule has 0 aromatic heterocycles. The molecule has 0 spiro atoms. The zero-order valence-corrected chi connectivity index (χ0v) is 11.6. The van der Waals surface area contributed by atoms with Gasteiger partial charge in [-0.05, 0) is 12.8 Å². The van der Waals surface area contributed by atoms with Crippen molar-refractivity contribution in [2.75, 3.05) is 13.2 Å². The smallest absolute Gasteiger partial charge is 0.756 e. The van der Waals surface area contributed by atoms with Crippen molar-refractivity contribution in [3.05, 3.63) is 0 Å². The third kappa shape index (κ3) is 12.8. The van der Waals surface area contributed by atoms with Crippen LogP contribution in [0.1, 0.15) is 52.4 Å². The van der Waals surface area contributed by atoms with Crippen LogP contribution in [0, 0.1) is 0 Å². The van der Waals surface area contributed by atoms with Crippen LogP contribution in [0.3, 0.4) is 0 Å². The molecular weight excluding hydrogens is 222 g/mol. The molecule has 0 atom stereocenters. The van der Waals surface area contributed by atoms with Crippen molar-refractivity contribution in [1.82, 2.24) is 0 Å². The minimum absolute atomic E-state index is 0. The first-order valence-corrected chi connectivity index (χ1v) is 7.18. The number of phosphoric ester groups is 1. The Balaban J connectivity index is 0. The van der Waals surface area contributed by atoms with E-state index in [0.29, 0.717) is 0 Å². The van der Waals surface area contributed by atoms with Gasteiger partial charge in [0.2, 0.25) is 0 Å². The van der Waals surface area contributed by atoms with E-state index in [9.17, 15) is 9.46 Å². The van der Waals surface area contributed by atoms with Crippen molar-refractivity contribution in [2.24, 2.45) is 0 Å². The van der Waals surface area contributed by atoms with E-state index in [1.54, 1.807) is 0 Å². The van der Waals surface area contributed by atoms with E-state index >= 15 is 0 Å². The van der Waals surface area contributed by atoms with Crippen LogP contribution >= 0.6 is 7.82 Å². The third-order valence-electron chi connectivity index (χ3n) is 1.99. The second-order valence-electron chi connectivity index (χ2n) is 3.53. The van der Waals surface area contributed by atoms with Crippen molar-refractivity contribution in [2.45, 2.75) is 52.4 Å². The maximum absolute atomic E-state index is 11.1. The summed E-state index contributed by atoms with van der Waals surface area (Å²) in [5, 5.41) is 0.